The molecule has 1 aliphatic heterocycles. The van der Waals surface area contributed by atoms with Crippen LogP contribution in [0.4, 0.5) is 10.5 Å². The number of anilines is 1. The van der Waals surface area contributed by atoms with Crippen molar-refractivity contribution in [3.05, 3.63) is 59.2 Å². The Labute approximate surface area is 171 Å². The molecule has 1 saturated heterocycles. The van der Waals surface area contributed by atoms with Gasteiger partial charge in [-0.1, -0.05) is 43.2 Å². The van der Waals surface area contributed by atoms with E-state index in [-0.39, 0.29) is 11.5 Å². The summed E-state index contributed by atoms with van der Waals surface area (Å²) in [6, 6.07) is 14.4. The van der Waals surface area contributed by atoms with E-state index in [9.17, 15) is 9.90 Å². The number of benzene rings is 2. The number of hydrogen-bond donors (Lipinski definition) is 2. The molecule has 2 aromatic carbocycles. The van der Waals surface area contributed by atoms with Gasteiger partial charge in [0.25, 0.3) is 0 Å². The van der Waals surface area contributed by atoms with Crippen LogP contribution in [0.1, 0.15) is 48.8 Å². The first-order chi connectivity index (χ1) is 14.1. The van der Waals surface area contributed by atoms with Gasteiger partial charge in [-0.3, -0.25) is 0 Å². The zero-order chi connectivity index (χ0) is 20.0. The molecule has 5 nitrogen and oxygen atoms in total. The van der Waals surface area contributed by atoms with Crippen LogP contribution in [0.2, 0.25) is 0 Å². The van der Waals surface area contributed by atoms with Gasteiger partial charge in [0, 0.05) is 18.0 Å². The third kappa shape index (κ3) is 2.95. The number of ether oxygens (including phenoxy) is 1. The van der Waals surface area contributed by atoms with Gasteiger partial charge in [0.15, 0.2) is 0 Å². The van der Waals surface area contributed by atoms with E-state index in [4.69, 9.17) is 10.5 Å². The molecule has 2 bridgehead atoms. The molecule has 5 rings (SSSR count). The third-order valence-corrected chi connectivity index (χ3v) is 7.45. The van der Waals surface area contributed by atoms with Crippen molar-refractivity contribution < 1.29 is 14.6 Å². The van der Waals surface area contributed by atoms with Crippen LogP contribution < -0.4 is 10.5 Å². The summed E-state index contributed by atoms with van der Waals surface area (Å²) in [7, 11) is 0. The number of likely N-dealkylation sites (tertiary alicyclic amines) is 1. The number of carbonyl (C=O) groups is 1. The fraction of sp³-hybridized carbons (Fsp3) is 0.458. The molecule has 5 heteroatoms. The number of hydrogen-bond acceptors (Lipinski definition) is 3. The van der Waals surface area contributed by atoms with E-state index in [1.54, 1.807) is 4.90 Å². The van der Waals surface area contributed by atoms with Gasteiger partial charge >= 0.3 is 6.09 Å². The Bertz CT molecular complexity index is 929. The first-order valence-electron chi connectivity index (χ1n) is 10.7. The minimum atomic E-state index is -0.784. The SMILES string of the molecule is Nc1cc2c(cc1OCc1ccccc1)C13CCCCC1C(C2)N(C(=O)O)CC3. The maximum absolute atomic E-state index is 11.9. The predicted octanol–water partition coefficient (Wildman–Crippen LogP) is 4.58. The molecule has 1 saturated carbocycles. The van der Waals surface area contributed by atoms with Crippen molar-refractivity contribution in [2.24, 2.45) is 5.92 Å². The summed E-state index contributed by atoms with van der Waals surface area (Å²) < 4.78 is 6.13. The van der Waals surface area contributed by atoms with Gasteiger partial charge in [-0.25, -0.2) is 4.79 Å². The molecule has 1 heterocycles. The normalized spacial score (nSPS) is 27.7. The van der Waals surface area contributed by atoms with E-state index < -0.39 is 6.09 Å². The minimum Gasteiger partial charge on any atom is -0.487 e. The van der Waals surface area contributed by atoms with Crippen LogP contribution in [-0.4, -0.2) is 28.7 Å². The highest BCUT2D eigenvalue weighted by Crippen LogP contribution is 2.56. The fourth-order valence-corrected chi connectivity index (χ4v) is 6.16. The first kappa shape index (κ1) is 18.3. The van der Waals surface area contributed by atoms with Crippen LogP contribution in [0.25, 0.3) is 0 Å². The Morgan fingerprint density at radius 3 is 2.83 bits per heavy atom. The van der Waals surface area contributed by atoms with E-state index in [0.717, 1.165) is 37.0 Å². The summed E-state index contributed by atoms with van der Waals surface area (Å²) >= 11 is 0. The smallest absolute Gasteiger partial charge is 0.407 e. The van der Waals surface area contributed by atoms with Gasteiger partial charge in [-0.2, -0.15) is 0 Å². The minimum absolute atomic E-state index is 0.0704. The standard InChI is InChI=1S/C24H28N2O3/c25-20-12-17-13-21-18-8-4-5-9-24(18,10-11-26(21)23(27)28)19(17)14-22(20)29-15-16-6-2-1-3-7-16/h1-3,6-7,12,14,18,21H,4-5,8-11,13,15,25H2,(H,27,28). The fourth-order valence-electron chi connectivity index (χ4n) is 6.16. The maximum Gasteiger partial charge on any atom is 0.407 e. The molecule has 1 amide bonds. The second kappa shape index (κ2) is 6.97. The lowest BCUT2D eigenvalue weighted by Gasteiger charge is -2.58. The van der Waals surface area contributed by atoms with Crippen LogP contribution in [0.5, 0.6) is 5.75 Å². The quantitative estimate of drug-likeness (QED) is 0.750. The van der Waals surface area contributed by atoms with E-state index in [1.165, 1.54) is 24.0 Å². The van der Waals surface area contributed by atoms with E-state index >= 15 is 0 Å². The second-order valence-electron chi connectivity index (χ2n) is 8.83. The van der Waals surface area contributed by atoms with Crippen molar-refractivity contribution in [2.75, 3.05) is 12.3 Å². The summed E-state index contributed by atoms with van der Waals surface area (Å²) in [4.78, 5) is 13.5. The number of rotatable bonds is 3. The van der Waals surface area contributed by atoms with Crippen LogP contribution >= 0.6 is 0 Å². The summed E-state index contributed by atoms with van der Waals surface area (Å²) in [5, 5.41) is 9.74. The molecular formula is C24H28N2O3. The lowest BCUT2D eigenvalue weighted by Crippen LogP contribution is -2.62. The molecule has 3 N–H and O–H groups in total. The summed E-state index contributed by atoms with van der Waals surface area (Å²) in [5.74, 6) is 1.16. The van der Waals surface area contributed by atoms with Gasteiger partial charge in [0.1, 0.15) is 12.4 Å². The van der Waals surface area contributed by atoms with Gasteiger partial charge in [-0.05, 0) is 60.4 Å². The van der Waals surface area contributed by atoms with Crippen molar-refractivity contribution in [2.45, 2.75) is 56.6 Å². The highest BCUT2D eigenvalue weighted by atomic mass is 16.5. The number of amides is 1. The number of nitrogens with two attached hydrogens (primary N) is 1. The van der Waals surface area contributed by atoms with Crippen LogP contribution in [0.3, 0.4) is 0 Å². The number of fused-ring (bicyclic) bond motifs is 1. The Hall–Kier alpha value is -2.69. The summed E-state index contributed by atoms with van der Waals surface area (Å²) in [6.07, 6.45) is 5.52. The Kier molecular flexibility index (Phi) is 4.41. The van der Waals surface area contributed by atoms with Gasteiger partial charge in [0.05, 0.1) is 5.69 Å². The highest BCUT2D eigenvalue weighted by molar-refractivity contribution is 5.67. The average molecular weight is 392 g/mol. The number of nitrogen functional groups attached to an aromatic ring is 1. The topological polar surface area (TPSA) is 75.8 Å². The number of carboxylic acid groups (broad SMARTS) is 1. The van der Waals surface area contributed by atoms with Crippen molar-refractivity contribution in [3.63, 3.8) is 0 Å². The van der Waals surface area contributed by atoms with Crippen molar-refractivity contribution in [1.29, 1.82) is 0 Å². The Balaban J connectivity index is 1.52. The van der Waals surface area contributed by atoms with E-state index in [0.29, 0.717) is 24.8 Å². The lowest BCUT2D eigenvalue weighted by molar-refractivity contribution is -0.00286. The Morgan fingerprint density at radius 2 is 2.03 bits per heavy atom. The molecule has 152 valence electrons. The third-order valence-electron chi connectivity index (χ3n) is 7.45. The van der Waals surface area contributed by atoms with Crippen LogP contribution in [-0.2, 0) is 18.4 Å². The number of piperidine rings is 1. The molecule has 2 aromatic rings. The van der Waals surface area contributed by atoms with Crippen LogP contribution in [0, 0.1) is 5.92 Å². The van der Waals surface area contributed by atoms with E-state index in [2.05, 4.69) is 18.2 Å². The van der Waals surface area contributed by atoms with Gasteiger partial charge < -0.3 is 20.5 Å². The predicted molar refractivity (Wildman–Crippen MR) is 112 cm³/mol. The van der Waals surface area contributed by atoms with Crippen molar-refractivity contribution in [3.8, 4) is 5.75 Å². The van der Waals surface area contributed by atoms with Crippen molar-refractivity contribution in [1.82, 2.24) is 4.90 Å². The zero-order valence-corrected chi connectivity index (χ0v) is 16.6. The van der Waals surface area contributed by atoms with Gasteiger partial charge in [0.2, 0.25) is 0 Å². The molecular weight excluding hydrogens is 364 g/mol. The molecule has 2 aliphatic carbocycles. The highest BCUT2D eigenvalue weighted by Gasteiger charge is 2.55. The molecule has 29 heavy (non-hydrogen) atoms. The summed E-state index contributed by atoms with van der Waals surface area (Å²) in [6.45, 7) is 1.12. The molecule has 0 radical (unpaired) electrons. The van der Waals surface area contributed by atoms with Crippen molar-refractivity contribution >= 4 is 11.8 Å². The molecule has 0 aromatic heterocycles. The molecule has 2 fully saturated rings. The molecule has 3 aliphatic rings. The van der Waals surface area contributed by atoms with E-state index in [1.807, 2.05) is 24.3 Å². The molecule has 3 atom stereocenters. The lowest BCUT2D eigenvalue weighted by atomic mass is 9.52. The summed E-state index contributed by atoms with van der Waals surface area (Å²) in [5.41, 5.74) is 10.8. The largest absolute Gasteiger partial charge is 0.487 e. The van der Waals surface area contributed by atoms with Crippen LogP contribution in [0.15, 0.2) is 42.5 Å². The Morgan fingerprint density at radius 1 is 1.21 bits per heavy atom. The zero-order valence-electron chi connectivity index (χ0n) is 16.6. The number of nitrogens with zero attached hydrogens (tertiary/aromatic N) is 1. The molecule has 3 unspecified atom stereocenters. The second-order valence-corrected chi connectivity index (χ2v) is 8.83. The average Bonchev–Trinajstić information content (AvgIpc) is 2.73. The molecule has 0 spiro atoms. The first-order valence-corrected chi connectivity index (χ1v) is 10.7. The monoisotopic (exact) mass is 392 g/mol. The maximum atomic E-state index is 11.9. The van der Waals surface area contributed by atoms with Gasteiger partial charge in [-0.15, -0.1) is 0 Å².